The van der Waals surface area contributed by atoms with Crippen molar-refractivity contribution in [2.45, 2.75) is 31.7 Å². The van der Waals surface area contributed by atoms with Crippen molar-refractivity contribution in [1.82, 2.24) is 0 Å². The van der Waals surface area contributed by atoms with Gasteiger partial charge in [0, 0.05) is 23.7 Å². The van der Waals surface area contributed by atoms with Gasteiger partial charge in [-0.15, -0.1) is 0 Å². The lowest BCUT2D eigenvalue weighted by Crippen LogP contribution is -2.43. The van der Waals surface area contributed by atoms with Crippen LogP contribution in [0, 0.1) is 0 Å². The average molecular weight is 338 g/mol. The Morgan fingerprint density at radius 2 is 1.96 bits per heavy atom. The smallest absolute Gasteiger partial charge is 0.258 e. The first kappa shape index (κ1) is 17.0. The third-order valence-corrected chi connectivity index (χ3v) is 4.69. The van der Waals surface area contributed by atoms with Crippen LogP contribution in [0.25, 0.3) is 0 Å². The van der Waals surface area contributed by atoms with Gasteiger partial charge in [-0.25, -0.2) is 0 Å². The Hall–Kier alpha value is -2.82. The largest absolute Gasteiger partial charge is 0.497 e. The molecule has 2 aromatic carbocycles. The van der Waals surface area contributed by atoms with Crippen molar-refractivity contribution in [3.63, 3.8) is 0 Å². The van der Waals surface area contributed by atoms with E-state index in [0.717, 1.165) is 11.3 Å². The van der Waals surface area contributed by atoms with Crippen LogP contribution in [-0.2, 0) is 4.79 Å². The Morgan fingerprint density at radius 1 is 1.20 bits per heavy atom. The molecule has 2 amide bonds. The van der Waals surface area contributed by atoms with E-state index in [1.807, 2.05) is 48.2 Å². The minimum absolute atomic E-state index is 0.0297. The zero-order valence-corrected chi connectivity index (χ0v) is 14.4. The van der Waals surface area contributed by atoms with E-state index >= 15 is 0 Å². The number of amides is 2. The summed E-state index contributed by atoms with van der Waals surface area (Å²) in [7, 11) is 1.58. The van der Waals surface area contributed by atoms with Crippen molar-refractivity contribution >= 4 is 17.5 Å². The van der Waals surface area contributed by atoms with Gasteiger partial charge < -0.3 is 15.4 Å². The zero-order valence-electron chi connectivity index (χ0n) is 14.4. The highest BCUT2D eigenvalue weighted by molar-refractivity contribution is 6.07. The number of carbonyl (C=O) groups excluding carboxylic acids is 2. The van der Waals surface area contributed by atoms with E-state index in [9.17, 15) is 9.59 Å². The molecule has 2 atom stereocenters. The van der Waals surface area contributed by atoms with Crippen LogP contribution in [0.4, 0.5) is 5.69 Å². The zero-order chi connectivity index (χ0) is 18.0. The van der Waals surface area contributed by atoms with Gasteiger partial charge in [0.05, 0.1) is 7.11 Å². The summed E-state index contributed by atoms with van der Waals surface area (Å²) in [5, 5.41) is 0. The van der Waals surface area contributed by atoms with Crippen LogP contribution in [0.1, 0.15) is 41.6 Å². The minimum Gasteiger partial charge on any atom is -0.497 e. The number of hydrogen-bond donors (Lipinski definition) is 1. The molecule has 1 heterocycles. The Kier molecular flexibility index (Phi) is 4.74. The van der Waals surface area contributed by atoms with Gasteiger partial charge in [0.1, 0.15) is 5.75 Å². The molecule has 0 saturated carbocycles. The maximum absolute atomic E-state index is 13.1. The maximum atomic E-state index is 13.1. The highest BCUT2D eigenvalue weighted by Crippen LogP contribution is 2.40. The van der Waals surface area contributed by atoms with E-state index in [1.165, 1.54) is 0 Å². The third kappa shape index (κ3) is 3.36. The molecular weight excluding hydrogens is 316 g/mol. The fourth-order valence-corrected chi connectivity index (χ4v) is 3.57. The normalized spacial score (nSPS) is 19.2. The molecule has 5 heteroatoms. The topological polar surface area (TPSA) is 72.6 Å². The summed E-state index contributed by atoms with van der Waals surface area (Å²) in [6.07, 6.45) is 0.998. The number of nitrogens with zero attached hydrogens (tertiary/aromatic N) is 1. The number of nitrogens with two attached hydrogens (primary N) is 1. The molecular formula is C20H22N2O3. The number of carbonyl (C=O) groups is 2. The molecule has 2 N–H and O–H groups in total. The lowest BCUT2D eigenvalue weighted by Gasteiger charge is -2.39. The minimum atomic E-state index is -0.320. The first-order valence-corrected chi connectivity index (χ1v) is 8.36. The first-order valence-electron chi connectivity index (χ1n) is 8.36. The molecule has 0 aromatic heterocycles. The molecule has 3 rings (SSSR count). The van der Waals surface area contributed by atoms with Crippen molar-refractivity contribution in [2.75, 3.05) is 12.0 Å². The number of primary amides is 1. The molecule has 0 fully saturated rings. The van der Waals surface area contributed by atoms with Gasteiger partial charge in [0.2, 0.25) is 5.91 Å². The number of fused-ring (bicyclic) bond motifs is 1. The highest BCUT2D eigenvalue weighted by Gasteiger charge is 2.34. The molecule has 5 nitrogen and oxygen atoms in total. The monoisotopic (exact) mass is 338 g/mol. The van der Waals surface area contributed by atoms with E-state index in [1.54, 1.807) is 19.2 Å². The maximum Gasteiger partial charge on any atom is 0.258 e. The van der Waals surface area contributed by atoms with Crippen LogP contribution in [-0.4, -0.2) is 25.0 Å². The van der Waals surface area contributed by atoms with Crippen molar-refractivity contribution < 1.29 is 14.3 Å². The fraction of sp³-hybridized carbons (Fsp3) is 0.300. The van der Waals surface area contributed by atoms with Gasteiger partial charge in [-0.3, -0.25) is 9.59 Å². The van der Waals surface area contributed by atoms with Gasteiger partial charge in [0.15, 0.2) is 0 Å². The number of ether oxygens (including phenoxy) is 1. The second kappa shape index (κ2) is 6.97. The van der Waals surface area contributed by atoms with E-state index in [2.05, 4.69) is 0 Å². The molecule has 130 valence electrons. The number of methoxy groups -OCH3 is 1. The van der Waals surface area contributed by atoms with E-state index in [4.69, 9.17) is 10.5 Å². The number of rotatable bonds is 4. The lowest BCUT2D eigenvalue weighted by molar-refractivity contribution is -0.118. The summed E-state index contributed by atoms with van der Waals surface area (Å²) in [6.45, 7) is 2.00. The highest BCUT2D eigenvalue weighted by atomic mass is 16.5. The summed E-state index contributed by atoms with van der Waals surface area (Å²) < 4.78 is 5.23. The Labute approximate surface area is 147 Å². The number of para-hydroxylation sites is 1. The van der Waals surface area contributed by atoms with Gasteiger partial charge >= 0.3 is 0 Å². The summed E-state index contributed by atoms with van der Waals surface area (Å²) >= 11 is 0. The van der Waals surface area contributed by atoms with Crippen LogP contribution >= 0.6 is 0 Å². The summed E-state index contributed by atoms with van der Waals surface area (Å²) in [5.74, 6) is 0.296. The van der Waals surface area contributed by atoms with Crippen LogP contribution in [0.2, 0.25) is 0 Å². The molecule has 25 heavy (non-hydrogen) atoms. The lowest BCUT2D eigenvalue weighted by atomic mass is 9.83. The van der Waals surface area contributed by atoms with E-state index < -0.39 is 0 Å². The molecule has 0 bridgehead atoms. The Bertz CT molecular complexity index is 803. The molecule has 1 aliphatic heterocycles. The molecule has 1 aliphatic rings. The van der Waals surface area contributed by atoms with Gasteiger partial charge in [-0.1, -0.05) is 24.3 Å². The van der Waals surface area contributed by atoms with Gasteiger partial charge in [-0.05, 0) is 49.1 Å². The third-order valence-electron chi connectivity index (χ3n) is 4.69. The number of hydrogen-bond acceptors (Lipinski definition) is 3. The summed E-state index contributed by atoms with van der Waals surface area (Å²) in [6, 6.07) is 14.9. The standard InChI is InChI=1S/C20H22N2O3/c1-13-10-15(12-19(21)23)17-8-3-4-9-18(17)22(13)20(24)14-6-5-7-16(11-14)25-2/h3-9,11,13,15H,10,12H2,1-2H3,(H2,21,23). The predicted molar refractivity (Wildman–Crippen MR) is 96.9 cm³/mol. The second-order valence-corrected chi connectivity index (χ2v) is 6.42. The van der Waals surface area contributed by atoms with Crippen molar-refractivity contribution in [1.29, 1.82) is 0 Å². The fourth-order valence-electron chi connectivity index (χ4n) is 3.57. The summed E-state index contributed by atoms with van der Waals surface area (Å²) in [4.78, 5) is 26.4. The van der Waals surface area contributed by atoms with Crippen LogP contribution < -0.4 is 15.4 Å². The second-order valence-electron chi connectivity index (χ2n) is 6.42. The number of benzene rings is 2. The van der Waals surface area contributed by atoms with Gasteiger partial charge in [-0.2, -0.15) is 0 Å². The summed E-state index contributed by atoms with van der Waals surface area (Å²) in [5.41, 5.74) is 7.83. The molecule has 0 spiro atoms. The van der Waals surface area contributed by atoms with Crippen molar-refractivity contribution in [3.8, 4) is 5.75 Å². The van der Waals surface area contributed by atoms with E-state index in [-0.39, 0.29) is 23.8 Å². The molecule has 0 radical (unpaired) electrons. The van der Waals surface area contributed by atoms with Crippen LogP contribution in [0.3, 0.4) is 0 Å². The number of anilines is 1. The van der Waals surface area contributed by atoms with Crippen LogP contribution in [0.5, 0.6) is 5.75 Å². The quantitative estimate of drug-likeness (QED) is 0.931. The Balaban J connectivity index is 2.00. The van der Waals surface area contributed by atoms with Crippen LogP contribution in [0.15, 0.2) is 48.5 Å². The Morgan fingerprint density at radius 3 is 2.68 bits per heavy atom. The average Bonchev–Trinajstić information content (AvgIpc) is 2.61. The van der Waals surface area contributed by atoms with Gasteiger partial charge in [0.25, 0.3) is 5.91 Å². The van der Waals surface area contributed by atoms with E-state index in [0.29, 0.717) is 24.2 Å². The van der Waals surface area contributed by atoms with Crippen molar-refractivity contribution in [3.05, 3.63) is 59.7 Å². The molecule has 0 saturated heterocycles. The van der Waals surface area contributed by atoms with Crippen molar-refractivity contribution in [2.24, 2.45) is 5.73 Å². The molecule has 2 unspecified atom stereocenters. The predicted octanol–water partition coefficient (Wildman–Crippen LogP) is 3.09. The molecule has 2 aromatic rings. The molecule has 0 aliphatic carbocycles. The first-order chi connectivity index (χ1) is 12.0. The SMILES string of the molecule is COc1cccc(C(=O)N2c3ccccc3C(CC(N)=O)CC2C)c1.